The van der Waals surface area contributed by atoms with Gasteiger partial charge in [-0.25, -0.2) is 8.42 Å². The van der Waals surface area contributed by atoms with Crippen LogP contribution < -0.4 is 0 Å². The van der Waals surface area contributed by atoms with Gasteiger partial charge in [-0.3, -0.25) is 0 Å². The molecule has 0 saturated carbocycles. The zero-order valence-corrected chi connectivity index (χ0v) is 14.0. The van der Waals surface area contributed by atoms with Crippen LogP contribution >= 0.6 is 0 Å². The molecule has 1 aliphatic rings. The highest BCUT2D eigenvalue weighted by molar-refractivity contribution is 7.89. The van der Waals surface area contributed by atoms with E-state index in [4.69, 9.17) is 0 Å². The van der Waals surface area contributed by atoms with E-state index in [1.165, 1.54) is 0 Å². The molecule has 1 heterocycles. The number of rotatable bonds is 2. The van der Waals surface area contributed by atoms with Crippen molar-refractivity contribution >= 4 is 10.0 Å². The van der Waals surface area contributed by atoms with Crippen LogP contribution in [-0.2, 0) is 16.2 Å². The minimum Gasteiger partial charge on any atom is -0.207 e. The average Bonchev–Trinajstić information content (AvgIpc) is 2.52. The van der Waals surface area contributed by atoms with Crippen LogP contribution in [0.1, 0.15) is 12.0 Å². The van der Waals surface area contributed by atoms with Crippen LogP contribution in [0, 0.1) is 11.8 Å². The molecule has 0 amide bonds. The molecule has 2 atom stereocenters. The first-order valence-electron chi connectivity index (χ1n) is 7.34. The van der Waals surface area contributed by atoms with Crippen molar-refractivity contribution in [3.05, 3.63) is 29.8 Å². The summed E-state index contributed by atoms with van der Waals surface area (Å²) in [6.45, 7) is -2.59. The smallest absolute Gasteiger partial charge is 0.207 e. The third-order valence-electron chi connectivity index (χ3n) is 4.14. The second-order valence-corrected chi connectivity index (χ2v) is 8.00. The van der Waals surface area contributed by atoms with Crippen LogP contribution in [0.5, 0.6) is 0 Å². The van der Waals surface area contributed by atoms with Crippen LogP contribution in [-0.4, -0.2) is 38.2 Å². The van der Waals surface area contributed by atoms with Gasteiger partial charge in [0.15, 0.2) is 0 Å². The third kappa shape index (κ3) is 4.86. The predicted molar refractivity (Wildman–Crippen MR) is 73.9 cm³/mol. The summed E-state index contributed by atoms with van der Waals surface area (Å²) in [5.74, 6) is -5.17. The SMILES string of the molecule is O=S(=O)(c1cccc(C(F)(F)F)c1)N1CC(C(F)(F)F)CC(C(F)(F)F)C1. The standard InChI is InChI=1S/C14H12F9NO2S/c15-12(16,17)8-2-1-3-11(5-8)27(25,26)24-6-9(13(18,19)20)4-10(7-24)14(21,22)23/h1-3,5,9-10H,4,6-7H2. The Bertz CT molecular complexity index is 761. The van der Waals surface area contributed by atoms with Crippen molar-refractivity contribution < 1.29 is 47.9 Å². The van der Waals surface area contributed by atoms with Crippen molar-refractivity contribution in [3.63, 3.8) is 0 Å². The fraction of sp³-hybridized carbons (Fsp3) is 0.571. The van der Waals surface area contributed by atoms with E-state index >= 15 is 0 Å². The van der Waals surface area contributed by atoms with Crippen LogP contribution in [0.25, 0.3) is 0 Å². The Balaban J connectivity index is 2.44. The van der Waals surface area contributed by atoms with E-state index < -0.39 is 70.4 Å². The van der Waals surface area contributed by atoms with Gasteiger partial charge in [-0.2, -0.15) is 43.8 Å². The average molecular weight is 429 g/mol. The highest BCUT2D eigenvalue weighted by Crippen LogP contribution is 2.43. The molecule has 2 unspecified atom stereocenters. The number of nitrogens with zero attached hydrogens (tertiary/aromatic N) is 1. The Morgan fingerprint density at radius 2 is 1.33 bits per heavy atom. The molecule has 0 spiro atoms. The van der Waals surface area contributed by atoms with Gasteiger partial charge in [0.2, 0.25) is 10.0 Å². The van der Waals surface area contributed by atoms with Crippen molar-refractivity contribution in [1.29, 1.82) is 0 Å². The number of halogens is 9. The van der Waals surface area contributed by atoms with Gasteiger partial charge in [0.25, 0.3) is 0 Å². The number of piperidine rings is 1. The summed E-state index contributed by atoms with van der Waals surface area (Å²) in [4.78, 5) is -1.03. The fourth-order valence-corrected chi connectivity index (χ4v) is 4.29. The minimum absolute atomic E-state index is 0.0533. The lowest BCUT2D eigenvalue weighted by Crippen LogP contribution is -2.51. The molecule has 2 rings (SSSR count). The number of hydrogen-bond acceptors (Lipinski definition) is 2. The van der Waals surface area contributed by atoms with Gasteiger partial charge in [-0.1, -0.05) is 6.07 Å². The quantitative estimate of drug-likeness (QED) is 0.652. The maximum atomic E-state index is 12.9. The topological polar surface area (TPSA) is 37.4 Å². The first-order chi connectivity index (χ1) is 12.0. The number of hydrogen-bond donors (Lipinski definition) is 0. The molecule has 1 saturated heterocycles. The van der Waals surface area contributed by atoms with Crippen LogP contribution in [0.3, 0.4) is 0 Å². The summed E-state index contributed by atoms with van der Waals surface area (Å²) in [5.41, 5.74) is -1.39. The molecular weight excluding hydrogens is 417 g/mol. The lowest BCUT2D eigenvalue weighted by Gasteiger charge is -2.38. The lowest BCUT2D eigenvalue weighted by atomic mass is 9.89. The normalized spacial score (nSPS) is 23.4. The second kappa shape index (κ2) is 6.83. The van der Waals surface area contributed by atoms with E-state index in [1.807, 2.05) is 0 Å². The molecule has 0 bridgehead atoms. The summed E-state index contributed by atoms with van der Waals surface area (Å²) in [7, 11) is -5.00. The highest BCUT2D eigenvalue weighted by atomic mass is 32.2. The predicted octanol–water partition coefficient (Wildman–Crippen LogP) is 4.46. The van der Waals surface area contributed by atoms with Gasteiger partial charge in [0.05, 0.1) is 22.3 Å². The Labute approximate surface area is 147 Å². The molecule has 1 fully saturated rings. The van der Waals surface area contributed by atoms with Gasteiger partial charge < -0.3 is 0 Å². The minimum atomic E-state index is -5.09. The van der Waals surface area contributed by atoms with Crippen LogP contribution in [0.4, 0.5) is 39.5 Å². The van der Waals surface area contributed by atoms with Gasteiger partial charge in [-0.05, 0) is 24.6 Å². The molecule has 3 nitrogen and oxygen atoms in total. The monoisotopic (exact) mass is 429 g/mol. The molecule has 13 heteroatoms. The molecule has 0 radical (unpaired) electrons. The van der Waals surface area contributed by atoms with Gasteiger partial charge in [0.1, 0.15) is 0 Å². The fourth-order valence-electron chi connectivity index (χ4n) is 2.71. The van der Waals surface area contributed by atoms with Crippen molar-refractivity contribution in [1.82, 2.24) is 4.31 Å². The molecule has 1 aliphatic heterocycles. The molecule has 0 N–H and O–H groups in total. The summed E-state index contributed by atoms with van der Waals surface area (Å²) in [6.07, 6.45) is -16.5. The molecule has 0 aliphatic carbocycles. The number of alkyl halides is 9. The second-order valence-electron chi connectivity index (χ2n) is 6.06. The van der Waals surface area contributed by atoms with E-state index in [0.29, 0.717) is 18.2 Å². The van der Waals surface area contributed by atoms with Crippen LogP contribution in [0.2, 0.25) is 0 Å². The van der Waals surface area contributed by atoms with E-state index in [0.717, 1.165) is 0 Å². The summed E-state index contributed by atoms with van der Waals surface area (Å²) in [5, 5.41) is 0. The largest absolute Gasteiger partial charge is 0.416 e. The third-order valence-corrected chi connectivity index (χ3v) is 5.97. The Kier molecular flexibility index (Phi) is 5.52. The van der Waals surface area contributed by atoms with E-state index in [9.17, 15) is 47.9 Å². The van der Waals surface area contributed by atoms with E-state index in [2.05, 4.69) is 0 Å². The molecule has 1 aromatic carbocycles. The zero-order chi connectivity index (χ0) is 20.8. The summed E-state index contributed by atoms with van der Waals surface area (Å²) < 4.78 is 141. The van der Waals surface area contributed by atoms with Crippen molar-refractivity contribution in [3.8, 4) is 0 Å². The Morgan fingerprint density at radius 1 is 0.852 bits per heavy atom. The number of sulfonamides is 1. The molecular formula is C14H12F9NO2S. The summed E-state index contributed by atoms with van der Waals surface area (Å²) >= 11 is 0. The molecule has 154 valence electrons. The van der Waals surface area contributed by atoms with Gasteiger partial charge >= 0.3 is 18.5 Å². The zero-order valence-electron chi connectivity index (χ0n) is 13.2. The molecule has 1 aromatic rings. The maximum Gasteiger partial charge on any atom is 0.416 e. The molecule has 27 heavy (non-hydrogen) atoms. The maximum absolute atomic E-state index is 12.9. The number of benzene rings is 1. The first-order valence-corrected chi connectivity index (χ1v) is 8.78. The lowest BCUT2D eigenvalue weighted by molar-refractivity contribution is -0.224. The Morgan fingerprint density at radius 3 is 1.74 bits per heavy atom. The van der Waals surface area contributed by atoms with E-state index in [1.54, 1.807) is 0 Å². The summed E-state index contributed by atoms with van der Waals surface area (Å²) in [6, 6.07) is 2.11. The van der Waals surface area contributed by atoms with Gasteiger partial charge in [0, 0.05) is 13.1 Å². The molecule has 0 aromatic heterocycles. The van der Waals surface area contributed by atoms with Crippen molar-refractivity contribution in [2.45, 2.75) is 29.8 Å². The van der Waals surface area contributed by atoms with Crippen molar-refractivity contribution in [2.24, 2.45) is 11.8 Å². The Hall–Kier alpha value is -1.50. The van der Waals surface area contributed by atoms with Crippen LogP contribution in [0.15, 0.2) is 29.2 Å². The van der Waals surface area contributed by atoms with Crippen molar-refractivity contribution in [2.75, 3.05) is 13.1 Å². The van der Waals surface area contributed by atoms with E-state index in [-0.39, 0.29) is 10.4 Å². The first kappa shape index (κ1) is 21.8. The van der Waals surface area contributed by atoms with Gasteiger partial charge in [-0.15, -0.1) is 0 Å². The highest BCUT2D eigenvalue weighted by Gasteiger charge is 2.53.